The molecule has 4 heteroatoms. The minimum atomic E-state index is 0.00102. The largest absolute Gasteiger partial charge is 0.323 e. The Bertz CT molecular complexity index is 499. The Labute approximate surface area is 118 Å². The van der Waals surface area contributed by atoms with Gasteiger partial charge in [-0.1, -0.05) is 49.0 Å². The quantitative estimate of drug-likeness (QED) is 0.670. The van der Waals surface area contributed by atoms with Gasteiger partial charge in [0.2, 0.25) is 0 Å². The number of rotatable bonds is 5. The minimum absolute atomic E-state index is 0.00102. The number of nitrogens with two attached hydrogens (primary N) is 1. The van der Waals surface area contributed by atoms with Crippen molar-refractivity contribution in [2.45, 2.75) is 36.7 Å². The molecule has 100 valence electrons. The lowest BCUT2D eigenvalue weighted by Gasteiger charge is -2.21. The number of aromatic nitrogens is 2. The van der Waals surface area contributed by atoms with Crippen molar-refractivity contribution in [2.75, 3.05) is 0 Å². The molecule has 2 unspecified atom stereocenters. The van der Waals surface area contributed by atoms with Crippen LogP contribution >= 0.6 is 11.8 Å². The molecule has 0 aliphatic rings. The maximum Gasteiger partial charge on any atom is 0.187 e. The lowest BCUT2D eigenvalue weighted by atomic mass is 10.0. The zero-order chi connectivity index (χ0) is 13.7. The molecule has 0 bridgehead atoms. The lowest BCUT2D eigenvalue weighted by molar-refractivity contribution is 0.654. The van der Waals surface area contributed by atoms with Gasteiger partial charge in [-0.15, -0.1) is 0 Å². The van der Waals surface area contributed by atoms with Crippen LogP contribution in [0.5, 0.6) is 0 Å². The molecule has 1 aromatic carbocycles. The molecule has 0 saturated carbocycles. The topological polar surface area (TPSA) is 51.8 Å². The Kier molecular flexibility index (Phi) is 4.93. The van der Waals surface area contributed by atoms with Crippen LogP contribution in [-0.2, 0) is 0 Å². The third-order valence-electron chi connectivity index (χ3n) is 3.00. The zero-order valence-corrected chi connectivity index (χ0v) is 12.1. The number of benzene rings is 1. The molecule has 0 amide bonds. The van der Waals surface area contributed by atoms with E-state index < -0.39 is 0 Å². The van der Waals surface area contributed by atoms with Gasteiger partial charge in [0.25, 0.3) is 0 Å². The smallest absolute Gasteiger partial charge is 0.187 e. The highest BCUT2D eigenvalue weighted by Crippen LogP contribution is 2.30. The summed E-state index contributed by atoms with van der Waals surface area (Å²) in [7, 11) is 0. The normalized spacial score (nSPS) is 14.1. The summed E-state index contributed by atoms with van der Waals surface area (Å²) < 4.78 is 0. The van der Waals surface area contributed by atoms with Crippen LogP contribution in [0.15, 0.2) is 47.9 Å². The number of aryl methyl sites for hydroxylation is 1. The average molecular weight is 273 g/mol. The van der Waals surface area contributed by atoms with Gasteiger partial charge in [-0.2, -0.15) is 0 Å². The molecule has 0 spiro atoms. The van der Waals surface area contributed by atoms with Crippen molar-refractivity contribution >= 4 is 11.8 Å². The van der Waals surface area contributed by atoms with Crippen LogP contribution in [0.3, 0.4) is 0 Å². The van der Waals surface area contributed by atoms with Crippen LogP contribution < -0.4 is 5.73 Å². The highest BCUT2D eigenvalue weighted by Gasteiger charge is 2.19. The maximum atomic E-state index is 6.35. The van der Waals surface area contributed by atoms with E-state index >= 15 is 0 Å². The molecule has 2 atom stereocenters. The maximum absolute atomic E-state index is 6.35. The standard InChI is InChI=1S/C15H19N3S/c1-3-13(14(16)12-7-5-4-6-8-12)19-15-17-9-11(2)10-18-15/h4-10,13-14H,3,16H2,1-2H3. The van der Waals surface area contributed by atoms with Gasteiger partial charge in [-0.25, -0.2) is 9.97 Å². The third-order valence-corrected chi connectivity index (χ3v) is 4.35. The summed E-state index contributed by atoms with van der Waals surface area (Å²) in [5, 5.41) is 1.08. The van der Waals surface area contributed by atoms with E-state index in [1.165, 1.54) is 0 Å². The fourth-order valence-corrected chi connectivity index (χ4v) is 2.85. The number of nitrogens with zero attached hydrogens (tertiary/aromatic N) is 2. The predicted molar refractivity (Wildman–Crippen MR) is 80.1 cm³/mol. The van der Waals surface area contributed by atoms with E-state index in [9.17, 15) is 0 Å². The van der Waals surface area contributed by atoms with E-state index in [1.807, 2.05) is 37.5 Å². The number of thioether (sulfide) groups is 1. The van der Waals surface area contributed by atoms with Gasteiger partial charge in [-0.3, -0.25) is 0 Å². The van der Waals surface area contributed by atoms with E-state index in [4.69, 9.17) is 5.73 Å². The average Bonchev–Trinajstić information content (AvgIpc) is 2.47. The molecule has 2 aromatic rings. The molecule has 0 fully saturated rings. The summed E-state index contributed by atoms with van der Waals surface area (Å²) in [6.45, 7) is 4.14. The third kappa shape index (κ3) is 3.78. The molecular formula is C15H19N3S. The van der Waals surface area contributed by atoms with E-state index in [0.717, 1.165) is 22.7 Å². The van der Waals surface area contributed by atoms with Crippen LogP contribution in [0.4, 0.5) is 0 Å². The zero-order valence-electron chi connectivity index (χ0n) is 11.3. The molecule has 1 aromatic heterocycles. The van der Waals surface area contributed by atoms with Crippen LogP contribution in [0.2, 0.25) is 0 Å². The Morgan fingerprint density at radius 1 is 1.16 bits per heavy atom. The van der Waals surface area contributed by atoms with Gasteiger partial charge in [0.15, 0.2) is 5.16 Å². The van der Waals surface area contributed by atoms with E-state index in [-0.39, 0.29) is 11.3 Å². The van der Waals surface area contributed by atoms with Crippen molar-refractivity contribution in [3.63, 3.8) is 0 Å². The summed E-state index contributed by atoms with van der Waals surface area (Å²) in [4.78, 5) is 8.68. The monoisotopic (exact) mass is 273 g/mol. The van der Waals surface area contributed by atoms with Crippen molar-refractivity contribution in [1.29, 1.82) is 0 Å². The second kappa shape index (κ2) is 6.68. The summed E-state index contributed by atoms with van der Waals surface area (Å²) in [6, 6.07) is 10.2. The van der Waals surface area contributed by atoms with E-state index in [1.54, 1.807) is 11.8 Å². The Morgan fingerprint density at radius 3 is 2.37 bits per heavy atom. The number of hydrogen-bond donors (Lipinski definition) is 1. The van der Waals surface area contributed by atoms with Gasteiger partial charge in [-0.05, 0) is 24.5 Å². The minimum Gasteiger partial charge on any atom is -0.323 e. The lowest BCUT2D eigenvalue weighted by Crippen LogP contribution is -2.23. The van der Waals surface area contributed by atoms with Gasteiger partial charge < -0.3 is 5.73 Å². The number of hydrogen-bond acceptors (Lipinski definition) is 4. The molecular weight excluding hydrogens is 254 g/mol. The summed E-state index contributed by atoms with van der Waals surface area (Å²) in [5.41, 5.74) is 8.59. The van der Waals surface area contributed by atoms with Crippen molar-refractivity contribution in [2.24, 2.45) is 5.73 Å². The summed E-state index contributed by atoms with van der Waals surface area (Å²) in [5.74, 6) is 0. The van der Waals surface area contributed by atoms with Crippen molar-refractivity contribution in [1.82, 2.24) is 9.97 Å². The molecule has 0 saturated heterocycles. The van der Waals surface area contributed by atoms with Crippen LogP contribution in [-0.4, -0.2) is 15.2 Å². The predicted octanol–water partition coefficient (Wildman–Crippen LogP) is 3.36. The molecule has 0 aliphatic heterocycles. The van der Waals surface area contributed by atoms with Crippen molar-refractivity contribution in [3.8, 4) is 0 Å². The fourth-order valence-electron chi connectivity index (χ4n) is 1.88. The first kappa shape index (κ1) is 14.0. The molecule has 1 heterocycles. The van der Waals surface area contributed by atoms with Gasteiger partial charge >= 0.3 is 0 Å². The molecule has 2 rings (SSSR count). The SMILES string of the molecule is CCC(Sc1ncc(C)cn1)C(N)c1ccccc1. The van der Waals surface area contributed by atoms with E-state index in [2.05, 4.69) is 29.0 Å². The Hall–Kier alpha value is -1.39. The molecule has 2 N–H and O–H groups in total. The van der Waals surface area contributed by atoms with Crippen molar-refractivity contribution < 1.29 is 0 Å². The first-order valence-corrected chi connectivity index (χ1v) is 7.34. The highest BCUT2D eigenvalue weighted by atomic mass is 32.2. The fraction of sp³-hybridized carbons (Fsp3) is 0.333. The Balaban J connectivity index is 2.10. The molecule has 3 nitrogen and oxygen atoms in total. The van der Waals surface area contributed by atoms with E-state index in [0.29, 0.717) is 0 Å². The Morgan fingerprint density at radius 2 is 1.79 bits per heavy atom. The molecule has 0 aliphatic carbocycles. The van der Waals surface area contributed by atoms with Crippen molar-refractivity contribution in [3.05, 3.63) is 53.9 Å². The second-order valence-electron chi connectivity index (χ2n) is 4.54. The summed E-state index contributed by atoms with van der Waals surface area (Å²) in [6.07, 6.45) is 4.67. The highest BCUT2D eigenvalue weighted by molar-refractivity contribution is 7.99. The molecule has 19 heavy (non-hydrogen) atoms. The molecule has 0 radical (unpaired) electrons. The van der Waals surface area contributed by atoms with Gasteiger partial charge in [0.05, 0.1) is 0 Å². The van der Waals surface area contributed by atoms with Gasteiger partial charge in [0, 0.05) is 23.7 Å². The van der Waals surface area contributed by atoms with Crippen LogP contribution in [0.1, 0.15) is 30.5 Å². The first-order chi connectivity index (χ1) is 9.20. The van der Waals surface area contributed by atoms with Crippen LogP contribution in [0.25, 0.3) is 0 Å². The second-order valence-corrected chi connectivity index (χ2v) is 5.75. The van der Waals surface area contributed by atoms with Gasteiger partial charge in [0.1, 0.15) is 0 Å². The summed E-state index contributed by atoms with van der Waals surface area (Å²) >= 11 is 1.65. The van der Waals surface area contributed by atoms with Crippen LogP contribution in [0, 0.1) is 6.92 Å². The first-order valence-electron chi connectivity index (χ1n) is 6.46.